The molecule has 0 bridgehead atoms. The summed E-state index contributed by atoms with van der Waals surface area (Å²) in [5.74, 6) is 0.284. The quantitative estimate of drug-likeness (QED) is 0.850. The second-order valence-corrected chi connectivity index (χ2v) is 7.57. The van der Waals surface area contributed by atoms with Crippen LogP contribution in [-0.4, -0.2) is 46.2 Å². The SMILES string of the molecule is CCS(=O)(=O)CC(C)NC(=O)c1cnn(C)c1-n1cccc1. The first-order valence-electron chi connectivity index (χ1n) is 7.00. The van der Waals surface area contributed by atoms with E-state index in [2.05, 4.69) is 10.4 Å². The second-order valence-electron chi connectivity index (χ2n) is 5.17. The largest absolute Gasteiger partial charge is 0.348 e. The van der Waals surface area contributed by atoms with Gasteiger partial charge in [0, 0.05) is 31.2 Å². The van der Waals surface area contributed by atoms with E-state index < -0.39 is 15.9 Å². The first-order valence-corrected chi connectivity index (χ1v) is 8.83. The average molecular weight is 324 g/mol. The van der Waals surface area contributed by atoms with Crippen molar-refractivity contribution in [2.24, 2.45) is 7.05 Å². The highest BCUT2D eigenvalue weighted by Crippen LogP contribution is 2.14. The van der Waals surface area contributed by atoms with E-state index >= 15 is 0 Å². The van der Waals surface area contributed by atoms with Gasteiger partial charge in [-0.2, -0.15) is 5.10 Å². The predicted molar refractivity (Wildman–Crippen MR) is 83.8 cm³/mol. The fourth-order valence-electron chi connectivity index (χ4n) is 2.22. The van der Waals surface area contributed by atoms with E-state index in [0.717, 1.165) is 0 Å². The van der Waals surface area contributed by atoms with Crippen molar-refractivity contribution in [3.8, 4) is 5.82 Å². The first kappa shape index (κ1) is 16.3. The fourth-order valence-corrected chi connectivity index (χ4v) is 3.30. The molecule has 8 heteroatoms. The average Bonchev–Trinajstić information content (AvgIpc) is 3.06. The molecule has 1 N–H and O–H groups in total. The van der Waals surface area contributed by atoms with Gasteiger partial charge in [-0.15, -0.1) is 0 Å². The van der Waals surface area contributed by atoms with Crippen molar-refractivity contribution in [3.63, 3.8) is 0 Å². The van der Waals surface area contributed by atoms with Crippen LogP contribution >= 0.6 is 0 Å². The number of rotatable bonds is 6. The summed E-state index contributed by atoms with van der Waals surface area (Å²) in [7, 11) is -1.39. The Morgan fingerprint density at radius 1 is 1.36 bits per heavy atom. The van der Waals surface area contributed by atoms with E-state index in [1.165, 1.54) is 6.20 Å². The maximum atomic E-state index is 12.4. The molecule has 0 aliphatic rings. The summed E-state index contributed by atoms with van der Waals surface area (Å²) in [5, 5.41) is 6.83. The Hall–Kier alpha value is -2.09. The fraction of sp³-hybridized carbons (Fsp3) is 0.429. The number of sulfone groups is 1. The highest BCUT2D eigenvalue weighted by Gasteiger charge is 2.21. The van der Waals surface area contributed by atoms with Crippen LogP contribution in [0.5, 0.6) is 0 Å². The van der Waals surface area contributed by atoms with Gasteiger partial charge in [-0.05, 0) is 19.1 Å². The van der Waals surface area contributed by atoms with Crippen LogP contribution in [0, 0.1) is 0 Å². The Kier molecular flexibility index (Phi) is 4.70. The number of carbonyl (C=O) groups excluding carboxylic acids is 1. The zero-order valence-corrected chi connectivity index (χ0v) is 13.7. The Morgan fingerprint density at radius 2 is 2.00 bits per heavy atom. The van der Waals surface area contributed by atoms with E-state index in [4.69, 9.17) is 0 Å². The van der Waals surface area contributed by atoms with Crippen molar-refractivity contribution in [1.82, 2.24) is 19.7 Å². The second kappa shape index (κ2) is 6.35. The lowest BCUT2D eigenvalue weighted by Gasteiger charge is -2.14. The molecule has 1 amide bonds. The number of carbonyl (C=O) groups is 1. The van der Waals surface area contributed by atoms with E-state index in [1.54, 1.807) is 30.1 Å². The Balaban J connectivity index is 2.18. The summed E-state index contributed by atoms with van der Waals surface area (Å²) in [6, 6.07) is 3.24. The van der Waals surface area contributed by atoms with Gasteiger partial charge in [-0.3, -0.25) is 9.48 Å². The molecule has 120 valence electrons. The van der Waals surface area contributed by atoms with Crippen molar-refractivity contribution in [3.05, 3.63) is 36.3 Å². The van der Waals surface area contributed by atoms with Crippen molar-refractivity contribution in [1.29, 1.82) is 0 Å². The lowest BCUT2D eigenvalue weighted by Crippen LogP contribution is -2.38. The molecule has 2 heterocycles. The lowest BCUT2D eigenvalue weighted by molar-refractivity contribution is 0.0943. The van der Waals surface area contributed by atoms with Gasteiger partial charge in [0.2, 0.25) is 0 Å². The highest BCUT2D eigenvalue weighted by molar-refractivity contribution is 7.91. The molecule has 0 radical (unpaired) electrons. The molecule has 0 aliphatic carbocycles. The van der Waals surface area contributed by atoms with Crippen LogP contribution in [0.2, 0.25) is 0 Å². The van der Waals surface area contributed by atoms with Crippen molar-refractivity contribution in [2.45, 2.75) is 19.9 Å². The molecule has 2 rings (SSSR count). The number of aromatic nitrogens is 3. The van der Waals surface area contributed by atoms with Gasteiger partial charge in [-0.1, -0.05) is 6.92 Å². The molecule has 1 unspecified atom stereocenters. The molecule has 1 atom stereocenters. The molecule has 0 saturated carbocycles. The molecule has 0 fully saturated rings. The molecule has 0 saturated heterocycles. The molecule has 0 spiro atoms. The monoisotopic (exact) mass is 324 g/mol. The van der Waals surface area contributed by atoms with E-state index in [9.17, 15) is 13.2 Å². The van der Waals surface area contributed by atoms with Gasteiger partial charge in [-0.25, -0.2) is 8.42 Å². The molecule has 0 aromatic carbocycles. The predicted octanol–water partition coefficient (Wildman–Crippen LogP) is 0.764. The maximum absolute atomic E-state index is 12.4. The standard InChI is InChI=1S/C14H20N4O3S/c1-4-22(20,21)10-11(2)16-13(19)12-9-15-17(3)14(12)18-7-5-6-8-18/h5-9,11H,4,10H2,1-3H3,(H,16,19). The van der Waals surface area contributed by atoms with Crippen LogP contribution in [-0.2, 0) is 16.9 Å². The van der Waals surface area contributed by atoms with Crippen LogP contribution < -0.4 is 5.32 Å². The zero-order valence-electron chi connectivity index (χ0n) is 12.9. The summed E-state index contributed by atoms with van der Waals surface area (Å²) in [6.45, 7) is 3.27. The minimum absolute atomic E-state index is 0.0642. The minimum Gasteiger partial charge on any atom is -0.348 e. The topological polar surface area (TPSA) is 86.0 Å². The normalized spacial score (nSPS) is 13.0. The Morgan fingerprint density at radius 3 is 2.59 bits per heavy atom. The van der Waals surface area contributed by atoms with Gasteiger partial charge in [0.1, 0.15) is 11.4 Å². The summed E-state index contributed by atoms with van der Waals surface area (Å²) in [4.78, 5) is 12.4. The number of amides is 1. The van der Waals surface area contributed by atoms with Gasteiger partial charge in [0.25, 0.3) is 5.91 Å². The summed E-state index contributed by atoms with van der Waals surface area (Å²) < 4.78 is 26.6. The highest BCUT2D eigenvalue weighted by atomic mass is 32.2. The van der Waals surface area contributed by atoms with Crippen LogP contribution in [0.4, 0.5) is 0 Å². The van der Waals surface area contributed by atoms with Crippen LogP contribution in [0.15, 0.2) is 30.7 Å². The van der Waals surface area contributed by atoms with Crippen LogP contribution in [0.25, 0.3) is 5.82 Å². The third kappa shape index (κ3) is 3.56. The number of aryl methyl sites for hydroxylation is 1. The Labute approximate surface area is 129 Å². The summed E-state index contributed by atoms with van der Waals surface area (Å²) in [6.07, 6.45) is 5.11. The van der Waals surface area contributed by atoms with Gasteiger partial charge in [0.05, 0.1) is 11.9 Å². The first-order chi connectivity index (χ1) is 10.3. The van der Waals surface area contributed by atoms with Crippen LogP contribution in [0.1, 0.15) is 24.2 Å². The molecular weight excluding hydrogens is 304 g/mol. The van der Waals surface area contributed by atoms with E-state index in [0.29, 0.717) is 11.4 Å². The minimum atomic E-state index is -3.14. The smallest absolute Gasteiger partial charge is 0.256 e. The van der Waals surface area contributed by atoms with E-state index in [-0.39, 0.29) is 17.4 Å². The summed E-state index contributed by atoms with van der Waals surface area (Å²) >= 11 is 0. The van der Waals surface area contributed by atoms with Crippen molar-refractivity contribution in [2.75, 3.05) is 11.5 Å². The summed E-state index contributed by atoms with van der Waals surface area (Å²) in [5.41, 5.74) is 0.402. The number of hydrogen-bond acceptors (Lipinski definition) is 4. The zero-order chi connectivity index (χ0) is 16.3. The molecule has 7 nitrogen and oxygen atoms in total. The Bertz CT molecular complexity index is 747. The molecule has 0 aliphatic heterocycles. The molecule has 22 heavy (non-hydrogen) atoms. The van der Waals surface area contributed by atoms with Crippen LogP contribution in [0.3, 0.4) is 0 Å². The molecular formula is C14H20N4O3S. The van der Waals surface area contributed by atoms with Gasteiger partial charge >= 0.3 is 0 Å². The van der Waals surface area contributed by atoms with Crippen molar-refractivity contribution < 1.29 is 13.2 Å². The number of hydrogen-bond donors (Lipinski definition) is 1. The number of nitrogens with one attached hydrogen (secondary N) is 1. The lowest BCUT2D eigenvalue weighted by atomic mass is 10.2. The van der Waals surface area contributed by atoms with E-state index in [1.807, 2.05) is 24.5 Å². The third-order valence-corrected chi connectivity index (χ3v) is 5.21. The van der Waals surface area contributed by atoms with Gasteiger partial charge < -0.3 is 9.88 Å². The molecule has 2 aromatic rings. The number of nitrogens with zero attached hydrogens (tertiary/aromatic N) is 3. The van der Waals surface area contributed by atoms with Gasteiger partial charge in [0.15, 0.2) is 9.84 Å². The third-order valence-electron chi connectivity index (χ3n) is 3.32. The molecule has 2 aromatic heterocycles. The maximum Gasteiger partial charge on any atom is 0.256 e. The van der Waals surface area contributed by atoms with Crippen molar-refractivity contribution >= 4 is 15.7 Å².